The zero-order valence-electron chi connectivity index (χ0n) is 10.8. The molecule has 14 heavy (non-hydrogen) atoms. The highest BCUT2D eigenvalue weighted by Crippen LogP contribution is 2.27. The third-order valence-corrected chi connectivity index (χ3v) is 3.23. The first-order valence-electron chi connectivity index (χ1n) is 5.57. The molecule has 0 aromatic heterocycles. The van der Waals surface area contributed by atoms with E-state index < -0.39 is 9.04 Å². The molecule has 0 heterocycles. The van der Waals surface area contributed by atoms with Gasteiger partial charge < -0.3 is 10.2 Å². The lowest BCUT2D eigenvalue weighted by Crippen LogP contribution is -2.49. The molecule has 0 spiro atoms. The summed E-state index contributed by atoms with van der Waals surface area (Å²) in [5.74, 6) is 0.479. The maximum Gasteiger partial charge on any atom is 0.171 e. The molecule has 0 saturated heterocycles. The maximum atomic E-state index is 6.19. The van der Waals surface area contributed by atoms with Gasteiger partial charge in [0.25, 0.3) is 0 Å². The first kappa shape index (κ1) is 14.1. The molecule has 0 aliphatic heterocycles. The van der Waals surface area contributed by atoms with E-state index in [0.29, 0.717) is 5.92 Å². The van der Waals surface area contributed by atoms with Crippen LogP contribution in [-0.2, 0) is 4.43 Å². The van der Waals surface area contributed by atoms with E-state index in [-0.39, 0.29) is 17.6 Å². The average molecular weight is 217 g/mol. The molecule has 0 amide bonds. The average Bonchev–Trinajstić information content (AvgIpc) is 1.96. The Morgan fingerprint density at radius 1 is 1.14 bits per heavy atom. The van der Waals surface area contributed by atoms with Crippen LogP contribution in [0.25, 0.3) is 0 Å². The predicted octanol–water partition coefficient (Wildman–Crippen LogP) is 2.38. The lowest BCUT2D eigenvalue weighted by atomic mass is 9.81. The fourth-order valence-corrected chi connectivity index (χ4v) is 2.69. The molecule has 0 rings (SSSR count). The van der Waals surface area contributed by atoms with E-state index >= 15 is 0 Å². The van der Waals surface area contributed by atoms with Gasteiger partial charge in [-0.2, -0.15) is 0 Å². The Hall–Kier alpha value is 0.137. The third-order valence-electron chi connectivity index (χ3n) is 2.39. The molecule has 86 valence electrons. The minimum atomic E-state index is -1.01. The van der Waals surface area contributed by atoms with E-state index in [2.05, 4.69) is 47.7 Å². The quantitative estimate of drug-likeness (QED) is 0.734. The Labute approximate surface area is 90.9 Å². The Morgan fingerprint density at radius 2 is 1.57 bits per heavy atom. The van der Waals surface area contributed by atoms with Gasteiger partial charge in [-0.1, -0.05) is 34.6 Å². The van der Waals surface area contributed by atoms with Crippen LogP contribution in [0.2, 0.25) is 13.1 Å². The van der Waals surface area contributed by atoms with Gasteiger partial charge in [0.05, 0.1) is 6.10 Å². The summed E-state index contributed by atoms with van der Waals surface area (Å²) in [6, 6.07) is 0.143. The van der Waals surface area contributed by atoms with E-state index in [1.807, 2.05) is 0 Å². The second-order valence-corrected chi connectivity index (χ2v) is 8.16. The van der Waals surface area contributed by atoms with E-state index in [1.165, 1.54) is 0 Å². The van der Waals surface area contributed by atoms with E-state index in [9.17, 15) is 0 Å². The van der Waals surface area contributed by atoms with E-state index in [1.54, 1.807) is 0 Å². The second kappa shape index (κ2) is 5.28. The minimum Gasteiger partial charge on any atom is -0.416 e. The molecule has 2 atom stereocenters. The van der Waals surface area contributed by atoms with Gasteiger partial charge in [0, 0.05) is 6.04 Å². The van der Waals surface area contributed by atoms with Crippen molar-refractivity contribution in [3.8, 4) is 0 Å². The summed E-state index contributed by atoms with van der Waals surface area (Å²) in [6.07, 6.45) is 0.189. The predicted molar refractivity (Wildman–Crippen MR) is 66.0 cm³/mol. The lowest BCUT2D eigenvalue weighted by molar-refractivity contribution is 0.0487. The summed E-state index contributed by atoms with van der Waals surface area (Å²) in [4.78, 5) is 0. The second-order valence-electron chi connectivity index (χ2n) is 5.79. The Bertz CT molecular complexity index is 163. The molecule has 2 nitrogen and oxygen atoms in total. The summed E-state index contributed by atoms with van der Waals surface area (Å²) in [5, 5.41) is 0. The maximum absolute atomic E-state index is 6.19. The number of hydrogen-bond acceptors (Lipinski definition) is 2. The molecule has 3 heteroatoms. The Kier molecular flexibility index (Phi) is 5.34. The Morgan fingerprint density at radius 3 is 1.79 bits per heavy atom. The number of rotatable bonds is 4. The molecule has 0 aromatic carbocycles. The molecule has 2 unspecified atom stereocenters. The molecule has 0 aromatic rings. The molecule has 0 aliphatic carbocycles. The van der Waals surface area contributed by atoms with Crippen LogP contribution in [0.15, 0.2) is 0 Å². The van der Waals surface area contributed by atoms with Crippen LogP contribution in [0.1, 0.15) is 34.6 Å². The highest BCUT2D eigenvalue weighted by atomic mass is 28.3. The molecule has 2 N–H and O–H groups in total. The standard InChI is InChI=1S/C11H27NOSi/c1-8(2)9(12)10(11(3,4)5)13-14(6)7/h8-10,14H,12H2,1-7H3. The molecule has 0 bridgehead atoms. The highest BCUT2D eigenvalue weighted by Gasteiger charge is 2.32. The van der Waals surface area contributed by atoms with Crippen LogP contribution in [0, 0.1) is 11.3 Å². The fourth-order valence-electron chi connectivity index (χ4n) is 1.51. The van der Waals surface area contributed by atoms with Gasteiger partial charge in [0.2, 0.25) is 0 Å². The SMILES string of the molecule is CC(C)C(N)C(O[SiH](C)C)C(C)(C)C. The molecular formula is C11H27NOSi. The van der Waals surface area contributed by atoms with Gasteiger partial charge in [-0.15, -0.1) is 0 Å². The van der Waals surface area contributed by atoms with Crippen molar-refractivity contribution >= 4 is 9.04 Å². The van der Waals surface area contributed by atoms with Crippen LogP contribution in [0.3, 0.4) is 0 Å². The Balaban J connectivity index is 4.56. The van der Waals surface area contributed by atoms with Crippen molar-refractivity contribution in [3.05, 3.63) is 0 Å². The van der Waals surface area contributed by atoms with Crippen LogP contribution in [0.4, 0.5) is 0 Å². The van der Waals surface area contributed by atoms with E-state index in [0.717, 1.165) is 0 Å². The van der Waals surface area contributed by atoms with Crippen molar-refractivity contribution < 1.29 is 4.43 Å². The van der Waals surface area contributed by atoms with Gasteiger partial charge in [-0.25, -0.2) is 0 Å². The first-order chi connectivity index (χ1) is 6.16. The van der Waals surface area contributed by atoms with Crippen LogP contribution < -0.4 is 5.73 Å². The topological polar surface area (TPSA) is 35.2 Å². The van der Waals surface area contributed by atoms with Gasteiger partial charge in [0.15, 0.2) is 9.04 Å². The number of hydrogen-bond donors (Lipinski definition) is 1. The molecule has 0 saturated carbocycles. The lowest BCUT2D eigenvalue weighted by Gasteiger charge is -2.38. The van der Waals surface area contributed by atoms with Crippen molar-refractivity contribution in [2.75, 3.05) is 0 Å². The molecular weight excluding hydrogens is 190 g/mol. The zero-order valence-corrected chi connectivity index (χ0v) is 11.9. The van der Waals surface area contributed by atoms with Crippen molar-refractivity contribution in [1.82, 2.24) is 0 Å². The molecule has 0 radical (unpaired) electrons. The van der Waals surface area contributed by atoms with Gasteiger partial charge in [-0.3, -0.25) is 0 Å². The van der Waals surface area contributed by atoms with Gasteiger partial charge >= 0.3 is 0 Å². The normalized spacial score (nSPS) is 17.6. The first-order valence-corrected chi connectivity index (χ1v) is 8.35. The summed E-state index contributed by atoms with van der Waals surface area (Å²) in [6.45, 7) is 15.3. The number of nitrogens with two attached hydrogens (primary N) is 1. The molecule has 0 fully saturated rings. The summed E-state index contributed by atoms with van der Waals surface area (Å²) < 4.78 is 6.05. The zero-order chi connectivity index (χ0) is 11.5. The third kappa shape index (κ3) is 4.58. The summed E-state index contributed by atoms with van der Waals surface area (Å²) >= 11 is 0. The highest BCUT2D eigenvalue weighted by molar-refractivity contribution is 6.48. The van der Waals surface area contributed by atoms with Gasteiger partial charge in [0.1, 0.15) is 0 Å². The monoisotopic (exact) mass is 217 g/mol. The summed E-state index contributed by atoms with van der Waals surface area (Å²) in [7, 11) is -1.01. The molecule has 0 aliphatic rings. The minimum absolute atomic E-state index is 0.140. The van der Waals surface area contributed by atoms with Crippen LogP contribution in [-0.4, -0.2) is 21.2 Å². The fraction of sp³-hybridized carbons (Fsp3) is 1.00. The van der Waals surface area contributed by atoms with Crippen molar-refractivity contribution in [2.45, 2.75) is 59.9 Å². The van der Waals surface area contributed by atoms with Crippen molar-refractivity contribution in [1.29, 1.82) is 0 Å². The van der Waals surface area contributed by atoms with E-state index in [4.69, 9.17) is 10.2 Å². The largest absolute Gasteiger partial charge is 0.416 e. The van der Waals surface area contributed by atoms with Crippen LogP contribution in [0.5, 0.6) is 0 Å². The van der Waals surface area contributed by atoms with Gasteiger partial charge in [-0.05, 0) is 24.4 Å². The smallest absolute Gasteiger partial charge is 0.171 e. The van der Waals surface area contributed by atoms with Crippen molar-refractivity contribution in [3.63, 3.8) is 0 Å². The van der Waals surface area contributed by atoms with Crippen molar-refractivity contribution in [2.24, 2.45) is 17.1 Å². The summed E-state index contributed by atoms with van der Waals surface area (Å²) in [5.41, 5.74) is 6.33. The van der Waals surface area contributed by atoms with Crippen LogP contribution >= 0.6 is 0 Å².